The lowest BCUT2D eigenvalue weighted by atomic mass is 10.2. The largest absolute Gasteiger partial charge is 0.368 e. The zero-order valence-corrected chi connectivity index (χ0v) is 8.79. The molecule has 1 atom stereocenters. The molecular formula is C10H10F3N3O. The number of pyridine rings is 1. The van der Waals surface area contributed by atoms with E-state index in [0.717, 1.165) is 0 Å². The standard InChI is InChI=1S/C10H10F3N3O/c11-5-4-6(12)10(15-8(5)13)16-3-1-2-7(16)9(14)17/h4,7H,1-3H2,(H2,14,17). The molecule has 0 radical (unpaired) electrons. The van der Waals surface area contributed by atoms with Crippen LogP contribution in [-0.4, -0.2) is 23.5 Å². The molecule has 92 valence electrons. The van der Waals surface area contributed by atoms with Crippen LogP contribution in [0.25, 0.3) is 0 Å². The highest BCUT2D eigenvalue weighted by Gasteiger charge is 2.32. The normalized spacial score (nSPS) is 19.7. The third kappa shape index (κ3) is 2.04. The molecule has 1 unspecified atom stereocenters. The minimum absolute atomic E-state index is 0.336. The van der Waals surface area contributed by atoms with Crippen LogP contribution in [0.4, 0.5) is 19.0 Å². The van der Waals surface area contributed by atoms with E-state index in [2.05, 4.69) is 4.98 Å². The first kappa shape index (κ1) is 11.7. The van der Waals surface area contributed by atoms with Gasteiger partial charge in [0.2, 0.25) is 5.91 Å². The van der Waals surface area contributed by atoms with E-state index in [1.807, 2.05) is 0 Å². The highest BCUT2D eigenvalue weighted by molar-refractivity contribution is 5.83. The lowest BCUT2D eigenvalue weighted by Gasteiger charge is -2.23. The van der Waals surface area contributed by atoms with Crippen molar-refractivity contribution in [1.82, 2.24) is 4.98 Å². The lowest BCUT2D eigenvalue weighted by molar-refractivity contribution is -0.119. The van der Waals surface area contributed by atoms with E-state index >= 15 is 0 Å². The zero-order valence-electron chi connectivity index (χ0n) is 8.79. The van der Waals surface area contributed by atoms with Crippen molar-refractivity contribution in [3.8, 4) is 0 Å². The first-order valence-corrected chi connectivity index (χ1v) is 5.08. The van der Waals surface area contributed by atoms with Gasteiger partial charge in [-0.2, -0.15) is 9.37 Å². The van der Waals surface area contributed by atoms with Crippen LogP contribution in [0, 0.1) is 17.6 Å². The summed E-state index contributed by atoms with van der Waals surface area (Å²) in [5, 5.41) is 0. The van der Waals surface area contributed by atoms with E-state index in [1.54, 1.807) is 0 Å². The van der Waals surface area contributed by atoms with Crippen LogP contribution < -0.4 is 10.6 Å². The summed E-state index contributed by atoms with van der Waals surface area (Å²) in [4.78, 5) is 15.6. The maximum absolute atomic E-state index is 13.5. The van der Waals surface area contributed by atoms with Crippen LogP contribution >= 0.6 is 0 Å². The number of rotatable bonds is 2. The summed E-state index contributed by atoms with van der Waals surface area (Å²) in [5.41, 5.74) is 5.14. The van der Waals surface area contributed by atoms with E-state index in [9.17, 15) is 18.0 Å². The van der Waals surface area contributed by atoms with Gasteiger partial charge in [0.1, 0.15) is 6.04 Å². The van der Waals surface area contributed by atoms with Crippen LogP contribution in [0.2, 0.25) is 0 Å². The second-order valence-corrected chi connectivity index (χ2v) is 3.82. The van der Waals surface area contributed by atoms with E-state index in [-0.39, 0.29) is 5.82 Å². The van der Waals surface area contributed by atoms with Gasteiger partial charge in [-0.1, -0.05) is 0 Å². The number of nitrogens with two attached hydrogens (primary N) is 1. The summed E-state index contributed by atoms with van der Waals surface area (Å²) in [6, 6.07) is -0.310. The topological polar surface area (TPSA) is 59.2 Å². The molecule has 0 saturated carbocycles. The number of halogens is 3. The maximum atomic E-state index is 13.5. The van der Waals surface area contributed by atoms with Gasteiger partial charge >= 0.3 is 0 Å². The molecule has 4 nitrogen and oxygen atoms in total. The Bertz CT molecular complexity index is 466. The smallest absolute Gasteiger partial charge is 0.251 e. The molecule has 7 heteroatoms. The van der Waals surface area contributed by atoms with Crippen LogP contribution in [0.5, 0.6) is 0 Å². The molecule has 1 aliphatic heterocycles. The van der Waals surface area contributed by atoms with E-state index < -0.39 is 29.5 Å². The van der Waals surface area contributed by atoms with Crippen molar-refractivity contribution in [3.05, 3.63) is 23.6 Å². The average molecular weight is 245 g/mol. The monoisotopic (exact) mass is 245 g/mol. The third-order valence-electron chi connectivity index (χ3n) is 2.72. The van der Waals surface area contributed by atoms with Gasteiger partial charge in [0.15, 0.2) is 17.5 Å². The number of primary amides is 1. The number of anilines is 1. The van der Waals surface area contributed by atoms with E-state index in [4.69, 9.17) is 5.73 Å². The number of carbonyl (C=O) groups is 1. The molecule has 1 aliphatic rings. The summed E-state index contributed by atoms with van der Waals surface area (Å²) >= 11 is 0. The summed E-state index contributed by atoms with van der Waals surface area (Å²) in [5.74, 6) is -4.76. The van der Waals surface area contributed by atoms with Gasteiger partial charge < -0.3 is 10.6 Å². The zero-order chi connectivity index (χ0) is 12.6. The predicted molar refractivity (Wildman–Crippen MR) is 53.7 cm³/mol. The minimum atomic E-state index is -1.39. The number of carbonyl (C=O) groups excluding carboxylic acids is 1. The van der Waals surface area contributed by atoms with Gasteiger partial charge in [-0.15, -0.1) is 0 Å². The van der Waals surface area contributed by atoms with Crippen LogP contribution in [0.1, 0.15) is 12.8 Å². The highest BCUT2D eigenvalue weighted by atomic mass is 19.2. The molecule has 1 aromatic rings. The molecule has 1 saturated heterocycles. The van der Waals surface area contributed by atoms with Crippen molar-refractivity contribution in [2.45, 2.75) is 18.9 Å². The molecule has 0 spiro atoms. The van der Waals surface area contributed by atoms with Gasteiger partial charge in [0, 0.05) is 12.6 Å². The molecule has 2 rings (SSSR count). The van der Waals surface area contributed by atoms with E-state index in [0.29, 0.717) is 25.5 Å². The summed E-state index contributed by atoms with van der Waals surface area (Å²) < 4.78 is 39.1. The van der Waals surface area contributed by atoms with Gasteiger partial charge in [-0.3, -0.25) is 4.79 Å². The Kier molecular flexibility index (Phi) is 2.91. The van der Waals surface area contributed by atoms with Crippen molar-refractivity contribution < 1.29 is 18.0 Å². The van der Waals surface area contributed by atoms with Crippen molar-refractivity contribution in [3.63, 3.8) is 0 Å². The van der Waals surface area contributed by atoms with E-state index in [1.165, 1.54) is 4.90 Å². The summed E-state index contributed by atoms with van der Waals surface area (Å²) in [7, 11) is 0. The van der Waals surface area contributed by atoms with Crippen molar-refractivity contribution in [1.29, 1.82) is 0 Å². The molecule has 17 heavy (non-hydrogen) atoms. The fourth-order valence-corrected chi connectivity index (χ4v) is 1.95. The van der Waals surface area contributed by atoms with Gasteiger partial charge in [0.25, 0.3) is 5.95 Å². The second-order valence-electron chi connectivity index (χ2n) is 3.82. The SMILES string of the molecule is NC(=O)C1CCCN1c1nc(F)c(F)cc1F. The number of hydrogen-bond acceptors (Lipinski definition) is 3. The van der Waals surface area contributed by atoms with Crippen molar-refractivity contribution >= 4 is 11.7 Å². The number of hydrogen-bond donors (Lipinski definition) is 1. The molecule has 2 heterocycles. The lowest BCUT2D eigenvalue weighted by Crippen LogP contribution is -2.41. The first-order chi connectivity index (χ1) is 8.00. The van der Waals surface area contributed by atoms with Crippen LogP contribution in [0.15, 0.2) is 6.07 Å². The fourth-order valence-electron chi connectivity index (χ4n) is 1.95. The molecule has 1 amide bonds. The summed E-state index contributed by atoms with van der Waals surface area (Å²) in [6.07, 6.45) is 1.07. The van der Waals surface area contributed by atoms with Crippen molar-refractivity contribution in [2.75, 3.05) is 11.4 Å². The Morgan fingerprint density at radius 2 is 2.12 bits per heavy atom. The average Bonchev–Trinajstić information content (AvgIpc) is 2.72. The molecule has 0 aliphatic carbocycles. The van der Waals surface area contributed by atoms with Gasteiger partial charge in [-0.05, 0) is 12.8 Å². The highest BCUT2D eigenvalue weighted by Crippen LogP contribution is 2.26. The molecule has 1 fully saturated rings. The molecule has 0 aromatic carbocycles. The fraction of sp³-hybridized carbons (Fsp3) is 0.400. The number of nitrogens with zero attached hydrogens (tertiary/aromatic N) is 2. The predicted octanol–water partition coefficient (Wildman–Crippen LogP) is 0.953. The Morgan fingerprint density at radius 1 is 1.41 bits per heavy atom. The second kappa shape index (κ2) is 4.23. The molecular weight excluding hydrogens is 235 g/mol. The number of aromatic nitrogens is 1. The van der Waals surface area contributed by atoms with Crippen LogP contribution in [0.3, 0.4) is 0 Å². The quantitative estimate of drug-likeness (QED) is 0.789. The minimum Gasteiger partial charge on any atom is -0.368 e. The summed E-state index contributed by atoms with van der Waals surface area (Å²) in [6.45, 7) is 0.336. The molecule has 0 bridgehead atoms. The molecule has 2 N–H and O–H groups in total. The Morgan fingerprint density at radius 3 is 2.76 bits per heavy atom. The van der Waals surface area contributed by atoms with Gasteiger partial charge in [-0.25, -0.2) is 8.78 Å². The van der Waals surface area contributed by atoms with Gasteiger partial charge in [0.05, 0.1) is 0 Å². The number of amides is 1. The Balaban J connectivity index is 2.40. The third-order valence-corrected chi connectivity index (χ3v) is 2.72. The maximum Gasteiger partial charge on any atom is 0.251 e. The molecule has 1 aromatic heterocycles. The Hall–Kier alpha value is -1.79. The first-order valence-electron chi connectivity index (χ1n) is 5.08. The van der Waals surface area contributed by atoms with Crippen LogP contribution in [-0.2, 0) is 4.79 Å². The Labute approximate surface area is 95.2 Å². The van der Waals surface area contributed by atoms with Crippen molar-refractivity contribution in [2.24, 2.45) is 5.73 Å².